The lowest BCUT2D eigenvalue weighted by Crippen LogP contribution is -2.62. The van der Waals surface area contributed by atoms with E-state index in [9.17, 15) is 33.2 Å². The number of alkyl halides is 3. The van der Waals surface area contributed by atoms with Gasteiger partial charge in [0.05, 0.1) is 11.5 Å². The number of esters is 1. The van der Waals surface area contributed by atoms with E-state index in [2.05, 4.69) is 10.1 Å². The van der Waals surface area contributed by atoms with Crippen molar-refractivity contribution >= 4 is 5.97 Å². The molecule has 0 saturated carbocycles. The highest BCUT2D eigenvalue weighted by Gasteiger charge is 2.66. The number of carbonyl (C=O) groups excluding carboxylic acids is 1. The van der Waals surface area contributed by atoms with E-state index in [0.29, 0.717) is 11.0 Å². The smallest absolute Gasteiger partial charge is 0.441 e. The number of rotatable bonds is 3. The summed E-state index contributed by atoms with van der Waals surface area (Å²) in [5.74, 6) is -1.95. The van der Waals surface area contributed by atoms with Gasteiger partial charge < -0.3 is 20.1 Å². The van der Waals surface area contributed by atoms with E-state index < -0.39 is 39.9 Å². The van der Waals surface area contributed by atoms with E-state index in [-0.39, 0.29) is 19.7 Å². The van der Waals surface area contributed by atoms with Crippen molar-refractivity contribution in [1.82, 2.24) is 10.2 Å². The third-order valence-electron chi connectivity index (χ3n) is 3.27. The molecule has 0 spiro atoms. The predicted octanol–water partition coefficient (Wildman–Crippen LogP) is 0.0914. The van der Waals surface area contributed by atoms with Crippen LogP contribution >= 0.6 is 0 Å². The van der Waals surface area contributed by atoms with Crippen molar-refractivity contribution in [1.29, 1.82) is 0 Å². The number of fused-ring (bicyclic) bond motifs is 1. The Hall–Kier alpha value is -2.30. The molecule has 0 aromatic carbocycles. The summed E-state index contributed by atoms with van der Waals surface area (Å²) >= 11 is 0. The van der Waals surface area contributed by atoms with Crippen molar-refractivity contribution in [2.45, 2.75) is 18.8 Å². The molecule has 2 aliphatic rings. The van der Waals surface area contributed by atoms with Crippen molar-refractivity contribution in [3.63, 3.8) is 0 Å². The van der Waals surface area contributed by atoms with Crippen molar-refractivity contribution in [2.75, 3.05) is 19.7 Å². The number of nitrogens with zero attached hydrogens (tertiary/aromatic N) is 2. The molecule has 0 bridgehead atoms. The number of nitro groups is 1. The Bertz CT molecular complexity index is 586. The monoisotopic (exact) mass is 323 g/mol. The summed E-state index contributed by atoms with van der Waals surface area (Å²) in [5.41, 5.74) is -5.66. The van der Waals surface area contributed by atoms with Crippen LogP contribution in [-0.4, -0.2) is 52.5 Å². The second-order valence-electron chi connectivity index (χ2n) is 4.52. The molecule has 11 heteroatoms. The molecule has 2 rings (SSSR count). The Balaban J connectivity index is 2.66. The summed E-state index contributed by atoms with van der Waals surface area (Å²) in [5, 5.41) is 23.6. The first-order valence-corrected chi connectivity index (χ1v) is 6.23. The molecule has 2 N–H and O–H groups in total. The molecule has 2 heterocycles. The fourth-order valence-electron chi connectivity index (χ4n) is 2.35. The van der Waals surface area contributed by atoms with Crippen LogP contribution < -0.4 is 5.32 Å². The Kier molecular flexibility index (Phi) is 3.77. The minimum absolute atomic E-state index is 0.0466. The molecule has 0 radical (unpaired) electrons. The van der Waals surface area contributed by atoms with Gasteiger partial charge in [0, 0.05) is 19.2 Å². The molecular weight excluding hydrogens is 311 g/mol. The zero-order valence-electron chi connectivity index (χ0n) is 11.3. The SMILES string of the molecule is CCOC(=O)C1=CC([N+](=O)[O-])=C2NCCN2[C@@]1(O)C(F)(F)F. The average molecular weight is 323 g/mol. The van der Waals surface area contributed by atoms with E-state index >= 15 is 0 Å². The normalized spacial score (nSPS) is 24.6. The van der Waals surface area contributed by atoms with Gasteiger partial charge >= 0.3 is 17.8 Å². The third kappa shape index (κ3) is 2.17. The van der Waals surface area contributed by atoms with Gasteiger partial charge in [-0.25, -0.2) is 4.79 Å². The first-order valence-electron chi connectivity index (χ1n) is 6.23. The zero-order valence-corrected chi connectivity index (χ0v) is 11.3. The van der Waals surface area contributed by atoms with E-state index in [1.807, 2.05) is 0 Å². The van der Waals surface area contributed by atoms with Crippen LogP contribution in [0.3, 0.4) is 0 Å². The number of hydrogen-bond acceptors (Lipinski definition) is 7. The van der Waals surface area contributed by atoms with Crippen LogP contribution in [0.5, 0.6) is 0 Å². The Labute approximate surface area is 122 Å². The summed E-state index contributed by atoms with van der Waals surface area (Å²) in [7, 11) is 0. The maximum atomic E-state index is 13.4. The van der Waals surface area contributed by atoms with Crippen LogP contribution in [0.15, 0.2) is 23.2 Å². The maximum Gasteiger partial charge on any atom is 0.441 e. The molecule has 0 aromatic rings. The number of hydrogen-bond donors (Lipinski definition) is 2. The van der Waals surface area contributed by atoms with Gasteiger partial charge in [-0.2, -0.15) is 13.2 Å². The lowest BCUT2D eigenvalue weighted by atomic mass is 9.95. The molecule has 22 heavy (non-hydrogen) atoms. The molecule has 1 atom stereocenters. The van der Waals surface area contributed by atoms with Gasteiger partial charge in [-0.05, 0) is 6.92 Å². The summed E-state index contributed by atoms with van der Waals surface area (Å²) in [6, 6.07) is 0. The van der Waals surface area contributed by atoms with Crippen LogP contribution in [0.25, 0.3) is 0 Å². The highest BCUT2D eigenvalue weighted by Crippen LogP contribution is 2.45. The zero-order chi connectivity index (χ0) is 16.7. The molecular formula is C11H12F3N3O5. The minimum Gasteiger partial charge on any atom is -0.462 e. The number of allylic oxidation sites excluding steroid dienone is 1. The van der Waals surface area contributed by atoms with Crippen LogP contribution in [0.1, 0.15) is 6.92 Å². The Morgan fingerprint density at radius 2 is 2.27 bits per heavy atom. The summed E-state index contributed by atoms with van der Waals surface area (Å²) in [6.07, 6.45) is -4.86. The van der Waals surface area contributed by atoms with Gasteiger partial charge in [-0.3, -0.25) is 10.1 Å². The first kappa shape index (κ1) is 16.1. The van der Waals surface area contributed by atoms with E-state index in [0.717, 1.165) is 0 Å². The number of aliphatic hydroxyl groups is 1. The summed E-state index contributed by atoms with van der Waals surface area (Å²) < 4.78 is 44.6. The number of carbonyl (C=O) groups is 1. The molecule has 0 amide bonds. The summed E-state index contributed by atoms with van der Waals surface area (Å²) in [4.78, 5) is 22.2. The predicted molar refractivity (Wildman–Crippen MR) is 64.4 cm³/mol. The van der Waals surface area contributed by atoms with Crippen LogP contribution in [0, 0.1) is 10.1 Å². The Morgan fingerprint density at radius 1 is 1.64 bits per heavy atom. The lowest BCUT2D eigenvalue weighted by molar-refractivity contribution is -0.424. The fourth-order valence-corrected chi connectivity index (χ4v) is 2.35. The van der Waals surface area contributed by atoms with Crippen molar-refractivity contribution in [3.05, 3.63) is 33.3 Å². The van der Waals surface area contributed by atoms with Crippen molar-refractivity contribution in [3.8, 4) is 0 Å². The Morgan fingerprint density at radius 3 is 2.77 bits per heavy atom. The molecule has 0 unspecified atom stereocenters. The first-order chi connectivity index (χ1) is 10.1. The third-order valence-corrected chi connectivity index (χ3v) is 3.27. The van der Waals surface area contributed by atoms with Crippen molar-refractivity contribution in [2.24, 2.45) is 0 Å². The molecule has 2 aliphatic heterocycles. The van der Waals surface area contributed by atoms with Crippen LogP contribution in [0.4, 0.5) is 13.2 Å². The van der Waals surface area contributed by atoms with Crippen molar-refractivity contribution < 1.29 is 32.7 Å². The topological polar surface area (TPSA) is 105 Å². The average Bonchev–Trinajstić information content (AvgIpc) is 2.87. The van der Waals surface area contributed by atoms with Crippen LogP contribution in [-0.2, 0) is 9.53 Å². The second-order valence-corrected chi connectivity index (χ2v) is 4.52. The molecule has 122 valence electrons. The second kappa shape index (κ2) is 5.16. The quantitative estimate of drug-likeness (QED) is 0.431. The highest BCUT2D eigenvalue weighted by molar-refractivity contribution is 5.92. The molecule has 0 aliphatic carbocycles. The summed E-state index contributed by atoms with van der Waals surface area (Å²) in [6.45, 7) is 0.711. The lowest BCUT2D eigenvalue weighted by Gasteiger charge is -2.41. The van der Waals surface area contributed by atoms with Gasteiger partial charge in [0.15, 0.2) is 5.82 Å². The van der Waals surface area contributed by atoms with Gasteiger partial charge in [0.2, 0.25) is 0 Å². The van der Waals surface area contributed by atoms with E-state index in [1.54, 1.807) is 0 Å². The maximum absolute atomic E-state index is 13.4. The highest BCUT2D eigenvalue weighted by atomic mass is 19.4. The molecule has 1 fully saturated rings. The molecule has 1 saturated heterocycles. The van der Waals surface area contributed by atoms with Gasteiger partial charge in [0.25, 0.3) is 5.72 Å². The van der Waals surface area contributed by atoms with E-state index in [4.69, 9.17) is 0 Å². The standard InChI is InChI=1S/C11H12F3N3O5/c1-2-22-9(18)6-5-7(17(20)21)8-15-3-4-16(8)10(6,19)11(12,13)14/h5,15,19H,2-4H2,1H3/t10-/m0/s1. The largest absolute Gasteiger partial charge is 0.462 e. The fraction of sp³-hybridized carbons (Fsp3) is 0.545. The van der Waals surface area contributed by atoms with E-state index in [1.165, 1.54) is 6.92 Å². The molecule has 0 aromatic heterocycles. The van der Waals surface area contributed by atoms with Gasteiger partial charge in [-0.15, -0.1) is 0 Å². The van der Waals surface area contributed by atoms with Crippen LogP contribution in [0.2, 0.25) is 0 Å². The number of halogens is 3. The van der Waals surface area contributed by atoms with Gasteiger partial charge in [0.1, 0.15) is 5.57 Å². The molecule has 8 nitrogen and oxygen atoms in total. The minimum atomic E-state index is -5.26. The van der Waals surface area contributed by atoms with Gasteiger partial charge in [-0.1, -0.05) is 0 Å². The number of nitrogens with one attached hydrogen (secondary N) is 1. The number of ether oxygens (including phenoxy) is 1.